The number of aromatic nitrogens is 2. The molecule has 0 amide bonds. The standard InChI is InChI=1S/C17H14BrN3O/c1-3-22-15-7-5-4-6-12(15)16-14(9-19)21-10-11(2)8-13(18)17(21)20-16/h4-8,10H,3H2,1-2H3. The quantitative estimate of drug-likeness (QED) is 0.701. The van der Waals surface area contributed by atoms with Crippen molar-refractivity contribution in [3.8, 4) is 23.1 Å². The topological polar surface area (TPSA) is 50.3 Å². The Kier molecular flexibility index (Phi) is 3.86. The van der Waals surface area contributed by atoms with Crippen molar-refractivity contribution in [2.24, 2.45) is 0 Å². The molecule has 0 bridgehead atoms. The lowest BCUT2D eigenvalue weighted by atomic mass is 10.1. The third kappa shape index (κ3) is 2.36. The first kappa shape index (κ1) is 14.6. The van der Waals surface area contributed by atoms with E-state index in [0.717, 1.165) is 27.0 Å². The summed E-state index contributed by atoms with van der Waals surface area (Å²) in [4.78, 5) is 4.65. The Balaban J connectivity index is 2.33. The van der Waals surface area contributed by atoms with Gasteiger partial charge in [-0.25, -0.2) is 4.98 Å². The van der Waals surface area contributed by atoms with Crippen LogP contribution in [0.3, 0.4) is 0 Å². The smallest absolute Gasteiger partial charge is 0.152 e. The van der Waals surface area contributed by atoms with Gasteiger partial charge in [-0.05, 0) is 53.5 Å². The number of rotatable bonds is 3. The maximum atomic E-state index is 9.60. The summed E-state index contributed by atoms with van der Waals surface area (Å²) in [6, 6.07) is 11.9. The molecule has 3 aromatic rings. The zero-order chi connectivity index (χ0) is 15.7. The summed E-state index contributed by atoms with van der Waals surface area (Å²) in [5.41, 5.74) is 3.75. The van der Waals surface area contributed by atoms with Gasteiger partial charge in [0.2, 0.25) is 0 Å². The first-order valence-corrected chi connectivity index (χ1v) is 7.75. The van der Waals surface area contributed by atoms with E-state index >= 15 is 0 Å². The van der Waals surface area contributed by atoms with E-state index in [9.17, 15) is 5.26 Å². The lowest BCUT2D eigenvalue weighted by Crippen LogP contribution is -1.95. The highest BCUT2D eigenvalue weighted by Crippen LogP contribution is 2.33. The van der Waals surface area contributed by atoms with Crippen LogP contribution in [0.15, 0.2) is 41.0 Å². The van der Waals surface area contributed by atoms with Crippen LogP contribution in [0.5, 0.6) is 5.75 Å². The summed E-state index contributed by atoms with van der Waals surface area (Å²) in [7, 11) is 0. The predicted octanol–water partition coefficient (Wildman–Crippen LogP) is 4.34. The molecular weight excluding hydrogens is 342 g/mol. The van der Waals surface area contributed by atoms with Gasteiger partial charge in [-0.15, -0.1) is 0 Å². The molecule has 0 saturated heterocycles. The summed E-state index contributed by atoms with van der Waals surface area (Å²) in [6.07, 6.45) is 1.92. The van der Waals surface area contributed by atoms with Gasteiger partial charge in [0.25, 0.3) is 0 Å². The first-order chi connectivity index (χ1) is 10.7. The van der Waals surface area contributed by atoms with Crippen LogP contribution in [-0.2, 0) is 0 Å². The molecule has 0 N–H and O–H groups in total. The molecule has 110 valence electrons. The van der Waals surface area contributed by atoms with Crippen LogP contribution in [0.4, 0.5) is 0 Å². The molecule has 1 aromatic carbocycles. The third-order valence-corrected chi connectivity index (χ3v) is 3.94. The lowest BCUT2D eigenvalue weighted by Gasteiger charge is -2.08. The molecule has 3 rings (SSSR count). The van der Waals surface area contributed by atoms with Crippen LogP contribution in [0, 0.1) is 18.3 Å². The average molecular weight is 356 g/mol. The summed E-state index contributed by atoms with van der Waals surface area (Å²) >= 11 is 3.52. The number of ether oxygens (including phenoxy) is 1. The first-order valence-electron chi connectivity index (χ1n) is 6.96. The van der Waals surface area contributed by atoms with E-state index in [-0.39, 0.29) is 0 Å². The number of fused-ring (bicyclic) bond motifs is 1. The fraction of sp³-hybridized carbons (Fsp3) is 0.176. The molecule has 0 radical (unpaired) electrons. The second-order valence-corrected chi connectivity index (χ2v) is 5.76. The van der Waals surface area contributed by atoms with Crippen molar-refractivity contribution in [3.05, 3.63) is 52.3 Å². The number of benzene rings is 1. The van der Waals surface area contributed by atoms with Gasteiger partial charge in [0, 0.05) is 11.8 Å². The van der Waals surface area contributed by atoms with Gasteiger partial charge in [-0.3, -0.25) is 4.40 Å². The highest BCUT2D eigenvalue weighted by Gasteiger charge is 2.18. The molecule has 2 heterocycles. The average Bonchev–Trinajstić information content (AvgIpc) is 2.86. The second kappa shape index (κ2) is 5.82. The molecule has 22 heavy (non-hydrogen) atoms. The Morgan fingerprint density at radius 2 is 2.14 bits per heavy atom. The highest BCUT2D eigenvalue weighted by molar-refractivity contribution is 9.10. The molecule has 0 saturated carbocycles. The van der Waals surface area contributed by atoms with Gasteiger partial charge in [0.1, 0.15) is 17.5 Å². The molecule has 0 aliphatic rings. The van der Waals surface area contributed by atoms with Crippen molar-refractivity contribution >= 4 is 21.6 Å². The zero-order valence-corrected chi connectivity index (χ0v) is 13.9. The van der Waals surface area contributed by atoms with Crippen molar-refractivity contribution in [1.29, 1.82) is 5.26 Å². The van der Waals surface area contributed by atoms with Crippen LogP contribution in [0.1, 0.15) is 18.2 Å². The summed E-state index contributed by atoms with van der Waals surface area (Å²) in [6.45, 7) is 4.49. The van der Waals surface area contributed by atoms with Crippen molar-refractivity contribution in [2.75, 3.05) is 6.61 Å². The molecular formula is C17H14BrN3O. The second-order valence-electron chi connectivity index (χ2n) is 4.91. The van der Waals surface area contributed by atoms with Gasteiger partial charge in [-0.2, -0.15) is 5.26 Å². The highest BCUT2D eigenvalue weighted by atomic mass is 79.9. The van der Waals surface area contributed by atoms with E-state index in [4.69, 9.17) is 4.74 Å². The fourth-order valence-electron chi connectivity index (χ4n) is 2.47. The number of nitriles is 1. The Morgan fingerprint density at radius 3 is 2.86 bits per heavy atom. The van der Waals surface area contributed by atoms with Gasteiger partial charge in [0.05, 0.1) is 11.1 Å². The van der Waals surface area contributed by atoms with Gasteiger partial charge >= 0.3 is 0 Å². The molecule has 0 aliphatic carbocycles. The maximum Gasteiger partial charge on any atom is 0.152 e. The van der Waals surface area contributed by atoms with E-state index < -0.39 is 0 Å². The zero-order valence-electron chi connectivity index (χ0n) is 12.3. The van der Waals surface area contributed by atoms with E-state index in [1.165, 1.54) is 0 Å². The number of hydrogen-bond acceptors (Lipinski definition) is 3. The lowest BCUT2D eigenvalue weighted by molar-refractivity contribution is 0.341. The number of pyridine rings is 1. The van der Waals surface area contributed by atoms with Crippen LogP contribution >= 0.6 is 15.9 Å². The Hall–Kier alpha value is -2.32. The van der Waals surface area contributed by atoms with Crippen molar-refractivity contribution < 1.29 is 4.74 Å². The number of aryl methyl sites for hydroxylation is 1. The van der Waals surface area contributed by atoms with Gasteiger partial charge in [0.15, 0.2) is 11.3 Å². The Morgan fingerprint density at radius 1 is 1.36 bits per heavy atom. The minimum Gasteiger partial charge on any atom is -0.493 e. The van der Waals surface area contributed by atoms with E-state index in [1.54, 1.807) is 0 Å². The fourth-order valence-corrected chi connectivity index (χ4v) is 3.11. The monoisotopic (exact) mass is 355 g/mol. The Labute approximate surface area is 137 Å². The van der Waals surface area contributed by atoms with E-state index in [0.29, 0.717) is 18.0 Å². The van der Waals surface area contributed by atoms with Crippen LogP contribution in [0.25, 0.3) is 16.9 Å². The molecule has 0 aliphatic heterocycles. The number of nitrogens with zero attached hydrogens (tertiary/aromatic N) is 3. The van der Waals surface area contributed by atoms with Crippen LogP contribution < -0.4 is 4.74 Å². The molecule has 0 atom stereocenters. The van der Waals surface area contributed by atoms with Crippen LogP contribution in [-0.4, -0.2) is 16.0 Å². The minimum atomic E-state index is 0.506. The summed E-state index contributed by atoms with van der Waals surface area (Å²) < 4.78 is 8.35. The minimum absolute atomic E-state index is 0.506. The van der Waals surface area contributed by atoms with Crippen LogP contribution in [0.2, 0.25) is 0 Å². The SMILES string of the molecule is CCOc1ccccc1-c1nc2c(Br)cc(C)cn2c1C#N. The molecule has 0 fully saturated rings. The summed E-state index contributed by atoms with van der Waals surface area (Å²) in [5.74, 6) is 0.734. The number of imidazole rings is 1. The number of para-hydroxylation sites is 1. The molecule has 0 spiro atoms. The number of hydrogen-bond donors (Lipinski definition) is 0. The maximum absolute atomic E-state index is 9.60. The van der Waals surface area contributed by atoms with E-state index in [1.807, 2.05) is 54.8 Å². The normalized spacial score (nSPS) is 10.6. The molecule has 4 nitrogen and oxygen atoms in total. The van der Waals surface area contributed by atoms with Crippen molar-refractivity contribution in [3.63, 3.8) is 0 Å². The summed E-state index contributed by atoms with van der Waals surface area (Å²) in [5, 5.41) is 9.60. The number of halogens is 1. The molecule has 5 heteroatoms. The molecule has 0 unspecified atom stereocenters. The largest absolute Gasteiger partial charge is 0.493 e. The van der Waals surface area contributed by atoms with Crippen molar-refractivity contribution in [2.45, 2.75) is 13.8 Å². The van der Waals surface area contributed by atoms with Gasteiger partial charge in [-0.1, -0.05) is 12.1 Å². The van der Waals surface area contributed by atoms with E-state index in [2.05, 4.69) is 27.0 Å². The predicted molar refractivity (Wildman–Crippen MR) is 88.9 cm³/mol. The molecule has 2 aromatic heterocycles. The third-order valence-electron chi connectivity index (χ3n) is 3.36. The Bertz CT molecular complexity index is 893. The van der Waals surface area contributed by atoms with Gasteiger partial charge < -0.3 is 4.74 Å². The van der Waals surface area contributed by atoms with Crippen molar-refractivity contribution in [1.82, 2.24) is 9.38 Å².